The Morgan fingerprint density at radius 3 is 2.61 bits per heavy atom. The van der Waals surface area contributed by atoms with E-state index in [-0.39, 0.29) is 5.54 Å². The van der Waals surface area contributed by atoms with Gasteiger partial charge in [0.1, 0.15) is 5.54 Å². The van der Waals surface area contributed by atoms with Crippen LogP contribution in [0.5, 0.6) is 0 Å². The molecular formula is C15H28N2O. The van der Waals surface area contributed by atoms with Gasteiger partial charge in [-0.2, -0.15) is 5.26 Å². The van der Waals surface area contributed by atoms with E-state index in [4.69, 9.17) is 4.74 Å². The first-order valence-corrected chi connectivity index (χ1v) is 7.54. The molecule has 0 bridgehead atoms. The third-order valence-electron chi connectivity index (χ3n) is 3.93. The van der Waals surface area contributed by atoms with Crippen molar-refractivity contribution in [2.24, 2.45) is 0 Å². The number of hydrogen-bond acceptors (Lipinski definition) is 3. The van der Waals surface area contributed by atoms with Crippen molar-refractivity contribution in [3.63, 3.8) is 0 Å². The summed E-state index contributed by atoms with van der Waals surface area (Å²) in [6.45, 7) is 5.95. The first-order valence-electron chi connectivity index (χ1n) is 7.54. The highest BCUT2D eigenvalue weighted by Gasteiger charge is 2.26. The van der Waals surface area contributed by atoms with Gasteiger partial charge in [0.25, 0.3) is 0 Å². The third-order valence-corrected chi connectivity index (χ3v) is 3.93. The van der Waals surface area contributed by atoms with Crippen molar-refractivity contribution in [3.05, 3.63) is 0 Å². The second kappa shape index (κ2) is 8.50. The Balaban J connectivity index is 2.22. The van der Waals surface area contributed by atoms with E-state index < -0.39 is 0 Å². The van der Waals surface area contributed by atoms with E-state index in [0.29, 0.717) is 6.10 Å². The third kappa shape index (κ3) is 4.96. The summed E-state index contributed by atoms with van der Waals surface area (Å²) in [5.74, 6) is 0. The van der Waals surface area contributed by atoms with Crippen molar-refractivity contribution in [2.75, 3.05) is 13.2 Å². The molecule has 1 unspecified atom stereocenters. The first-order chi connectivity index (χ1) is 8.76. The molecule has 3 nitrogen and oxygen atoms in total. The van der Waals surface area contributed by atoms with Gasteiger partial charge < -0.3 is 4.74 Å². The minimum absolute atomic E-state index is 0.338. The van der Waals surface area contributed by atoms with Crippen LogP contribution in [0.2, 0.25) is 0 Å². The molecule has 3 heteroatoms. The van der Waals surface area contributed by atoms with E-state index >= 15 is 0 Å². The summed E-state index contributed by atoms with van der Waals surface area (Å²) in [5, 5.41) is 12.8. The number of nitrogens with zero attached hydrogens (tertiary/aromatic N) is 1. The highest BCUT2D eigenvalue weighted by atomic mass is 16.5. The maximum absolute atomic E-state index is 9.36. The Hall–Kier alpha value is -0.590. The van der Waals surface area contributed by atoms with Crippen LogP contribution in [-0.4, -0.2) is 24.8 Å². The number of nitrogens with one attached hydrogen (secondary N) is 1. The summed E-state index contributed by atoms with van der Waals surface area (Å²) in [7, 11) is 0. The molecule has 0 radical (unpaired) electrons. The Morgan fingerprint density at radius 2 is 2.06 bits per heavy atom. The fourth-order valence-corrected chi connectivity index (χ4v) is 2.61. The van der Waals surface area contributed by atoms with Crippen LogP contribution in [0.15, 0.2) is 0 Å². The molecule has 1 N–H and O–H groups in total. The standard InChI is InChI=1S/C15H28N2O/c1-3-11-17-15(4-2,13-16)10-7-12-18-14-8-5-6-9-14/h14,17H,3-12H2,1-2H3. The van der Waals surface area contributed by atoms with Crippen LogP contribution in [0.4, 0.5) is 0 Å². The summed E-state index contributed by atoms with van der Waals surface area (Å²) in [5.41, 5.74) is -0.338. The van der Waals surface area contributed by atoms with E-state index in [2.05, 4.69) is 25.2 Å². The van der Waals surface area contributed by atoms with Gasteiger partial charge >= 0.3 is 0 Å². The Kier molecular flexibility index (Phi) is 7.31. The van der Waals surface area contributed by atoms with Crippen LogP contribution in [-0.2, 0) is 4.74 Å². The highest BCUT2D eigenvalue weighted by Crippen LogP contribution is 2.22. The normalized spacial score (nSPS) is 19.6. The average molecular weight is 252 g/mol. The zero-order chi connectivity index (χ0) is 13.3. The van der Waals surface area contributed by atoms with E-state index in [1.807, 2.05) is 0 Å². The summed E-state index contributed by atoms with van der Waals surface area (Å²) < 4.78 is 5.85. The molecule has 1 aliphatic carbocycles. The molecule has 0 aromatic heterocycles. The molecule has 1 aliphatic rings. The van der Waals surface area contributed by atoms with Gasteiger partial charge in [0.05, 0.1) is 12.2 Å². The molecule has 1 saturated carbocycles. The average Bonchev–Trinajstić information content (AvgIpc) is 2.92. The molecular weight excluding hydrogens is 224 g/mol. The number of ether oxygens (including phenoxy) is 1. The molecule has 0 amide bonds. The molecule has 0 aromatic carbocycles. The van der Waals surface area contributed by atoms with Gasteiger partial charge in [-0.3, -0.25) is 5.32 Å². The zero-order valence-corrected chi connectivity index (χ0v) is 12.0. The van der Waals surface area contributed by atoms with Crippen LogP contribution < -0.4 is 5.32 Å². The smallest absolute Gasteiger partial charge is 0.106 e. The summed E-state index contributed by atoms with van der Waals surface area (Å²) >= 11 is 0. The van der Waals surface area contributed by atoms with Gasteiger partial charge in [-0.15, -0.1) is 0 Å². The minimum atomic E-state index is -0.338. The lowest BCUT2D eigenvalue weighted by atomic mass is 9.92. The zero-order valence-electron chi connectivity index (χ0n) is 12.0. The minimum Gasteiger partial charge on any atom is -0.378 e. The molecule has 1 rings (SSSR count). The predicted octanol–water partition coefficient (Wildman–Crippen LogP) is 3.40. The topological polar surface area (TPSA) is 45.0 Å². The fourth-order valence-electron chi connectivity index (χ4n) is 2.61. The quantitative estimate of drug-likeness (QED) is 0.640. The van der Waals surface area contributed by atoms with E-state index in [1.165, 1.54) is 25.7 Å². The van der Waals surface area contributed by atoms with Crippen molar-refractivity contribution in [1.29, 1.82) is 5.26 Å². The molecule has 0 aliphatic heterocycles. The monoisotopic (exact) mass is 252 g/mol. The van der Waals surface area contributed by atoms with Gasteiger partial charge in [-0.1, -0.05) is 26.7 Å². The summed E-state index contributed by atoms with van der Waals surface area (Å²) in [6, 6.07) is 2.46. The van der Waals surface area contributed by atoms with Crippen LogP contribution in [0.25, 0.3) is 0 Å². The van der Waals surface area contributed by atoms with Crippen LogP contribution in [0.3, 0.4) is 0 Å². The van der Waals surface area contributed by atoms with Crippen molar-refractivity contribution >= 4 is 0 Å². The maximum Gasteiger partial charge on any atom is 0.106 e. The molecule has 18 heavy (non-hydrogen) atoms. The first kappa shape index (κ1) is 15.5. The van der Waals surface area contributed by atoms with Gasteiger partial charge in [0.15, 0.2) is 0 Å². The van der Waals surface area contributed by atoms with Crippen LogP contribution in [0, 0.1) is 11.3 Å². The molecule has 0 heterocycles. The fraction of sp³-hybridized carbons (Fsp3) is 0.933. The maximum atomic E-state index is 9.36. The molecule has 1 fully saturated rings. The molecule has 1 atom stereocenters. The molecule has 0 aromatic rings. The largest absolute Gasteiger partial charge is 0.378 e. The van der Waals surface area contributed by atoms with Crippen molar-refractivity contribution in [3.8, 4) is 6.07 Å². The molecule has 0 saturated heterocycles. The SMILES string of the molecule is CCCNC(C#N)(CC)CCCOC1CCCC1. The number of hydrogen-bond donors (Lipinski definition) is 1. The van der Waals surface area contributed by atoms with Gasteiger partial charge in [-0.25, -0.2) is 0 Å². The van der Waals surface area contributed by atoms with Gasteiger partial charge in [-0.05, 0) is 45.1 Å². The van der Waals surface area contributed by atoms with E-state index in [0.717, 1.165) is 38.8 Å². The lowest BCUT2D eigenvalue weighted by Gasteiger charge is -2.26. The predicted molar refractivity (Wildman–Crippen MR) is 74.4 cm³/mol. The van der Waals surface area contributed by atoms with E-state index in [1.54, 1.807) is 0 Å². The highest BCUT2D eigenvalue weighted by molar-refractivity contribution is 5.06. The Bertz CT molecular complexity index is 256. The van der Waals surface area contributed by atoms with Crippen molar-refractivity contribution in [1.82, 2.24) is 5.32 Å². The Labute approximate surface area is 112 Å². The number of rotatable bonds is 9. The second-order valence-electron chi connectivity index (χ2n) is 5.36. The summed E-state index contributed by atoms with van der Waals surface area (Å²) in [4.78, 5) is 0. The van der Waals surface area contributed by atoms with Gasteiger partial charge in [0.2, 0.25) is 0 Å². The van der Waals surface area contributed by atoms with E-state index in [9.17, 15) is 5.26 Å². The van der Waals surface area contributed by atoms with Crippen molar-refractivity contribution < 1.29 is 4.74 Å². The van der Waals surface area contributed by atoms with Crippen molar-refractivity contribution in [2.45, 2.75) is 76.9 Å². The summed E-state index contributed by atoms with van der Waals surface area (Å²) in [6.07, 6.45) is 9.40. The van der Waals surface area contributed by atoms with Crippen LogP contribution >= 0.6 is 0 Å². The Morgan fingerprint density at radius 1 is 1.33 bits per heavy atom. The number of nitriles is 1. The lowest BCUT2D eigenvalue weighted by molar-refractivity contribution is 0.0531. The lowest BCUT2D eigenvalue weighted by Crippen LogP contribution is -2.44. The molecule has 0 spiro atoms. The molecule has 104 valence electrons. The van der Waals surface area contributed by atoms with Crippen LogP contribution in [0.1, 0.15) is 65.2 Å². The van der Waals surface area contributed by atoms with Gasteiger partial charge in [0, 0.05) is 6.61 Å². The second-order valence-corrected chi connectivity index (χ2v) is 5.36.